The second-order valence-electron chi connectivity index (χ2n) is 5.52. The third-order valence-corrected chi connectivity index (χ3v) is 3.48. The maximum atomic E-state index is 14.0. The van der Waals surface area contributed by atoms with Crippen molar-refractivity contribution < 1.29 is 13.9 Å². The molecule has 0 atom stereocenters. The van der Waals surface area contributed by atoms with Crippen LogP contribution in [0.2, 0.25) is 0 Å². The van der Waals surface area contributed by atoms with E-state index in [1.165, 1.54) is 12.3 Å². The van der Waals surface area contributed by atoms with Gasteiger partial charge in [-0.3, -0.25) is 0 Å². The van der Waals surface area contributed by atoms with E-state index in [9.17, 15) is 4.39 Å². The van der Waals surface area contributed by atoms with Gasteiger partial charge >= 0.3 is 0 Å². The van der Waals surface area contributed by atoms with Crippen molar-refractivity contribution in [1.29, 1.82) is 0 Å². The minimum Gasteiger partial charge on any atom is -0.465 e. The van der Waals surface area contributed by atoms with Crippen LogP contribution in [-0.4, -0.2) is 5.90 Å². The molecule has 0 N–H and O–H groups in total. The molecular formula is C22H18FNO2. The number of ether oxygens (including phenoxy) is 2. The van der Waals surface area contributed by atoms with E-state index in [0.29, 0.717) is 17.0 Å². The summed E-state index contributed by atoms with van der Waals surface area (Å²) in [6.45, 7) is 1.80. The normalized spacial score (nSPS) is 11.9. The fourth-order valence-corrected chi connectivity index (χ4v) is 2.15. The molecule has 26 heavy (non-hydrogen) atoms. The molecule has 0 aliphatic heterocycles. The van der Waals surface area contributed by atoms with Crippen molar-refractivity contribution in [1.82, 2.24) is 0 Å². The molecule has 0 radical (unpaired) electrons. The largest absolute Gasteiger partial charge is 0.465 e. The zero-order chi connectivity index (χ0) is 18.2. The molecule has 0 unspecified atom stereocenters. The summed E-state index contributed by atoms with van der Waals surface area (Å²) in [5.74, 6) is 0.605. The van der Waals surface area contributed by atoms with Gasteiger partial charge in [0, 0.05) is 5.57 Å². The molecule has 3 aromatic rings. The predicted octanol–water partition coefficient (Wildman–Crippen LogP) is 5.92. The van der Waals surface area contributed by atoms with E-state index in [4.69, 9.17) is 9.47 Å². The highest BCUT2D eigenvalue weighted by Crippen LogP contribution is 2.20. The maximum absolute atomic E-state index is 14.0. The molecule has 0 aliphatic rings. The van der Waals surface area contributed by atoms with Crippen LogP contribution in [0.3, 0.4) is 0 Å². The number of halogens is 1. The second kappa shape index (κ2) is 8.62. The molecule has 0 bridgehead atoms. The summed E-state index contributed by atoms with van der Waals surface area (Å²) in [5.41, 5.74) is 1.33. The number of aliphatic imine (C=N–C) groups is 1. The fraction of sp³-hybridized carbons (Fsp3) is 0.0455. The van der Waals surface area contributed by atoms with Gasteiger partial charge < -0.3 is 9.47 Å². The molecule has 3 aromatic carbocycles. The van der Waals surface area contributed by atoms with Crippen LogP contribution in [0.25, 0.3) is 0 Å². The van der Waals surface area contributed by atoms with Gasteiger partial charge in [-0.05, 0) is 43.3 Å². The van der Waals surface area contributed by atoms with Crippen molar-refractivity contribution in [3.8, 4) is 11.5 Å². The average molecular weight is 347 g/mol. The molecule has 3 nitrogen and oxygen atoms in total. The van der Waals surface area contributed by atoms with Crippen LogP contribution in [0, 0.1) is 5.82 Å². The molecule has 0 saturated carbocycles. The standard InChI is InChI=1S/C22H18FNO2/c1-17(16-25-19-12-6-3-7-13-19)22(24-18-10-4-2-5-11-18)26-21-15-9-8-14-20(21)23/h2-16H,1H3. The van der Waals surface area contributed by atoms with Gasteiger partial charge in [-0.15, -0.1) is 0 Å². The highest BCUT2D eigenvalue weighted by atomic mass is 19.1. The number of para-hydroxylation sites is 3. The number of hydrogen-bond donors (Lipinski definition) is 0. The first kappa shape index (κ1) is 17.4. The van der Waals surface area contributed by atoms with Crippen LogP contribution in [0.1, 0.15) is 6.92 Å². The Labute approximate surface area is 152 Å². The lowest BCUT2D eigenvalue weighted by molar-refractivity contribution is 0.467. The Kier molecular flexibility index (Phi) is 5.78. The Morgan fingerprint density at radius 1 is 0.846 bits per heavy atom. The van der Waals surface area contributed by atoms with E-state index < -0.39 is 5.82 Å². The van der Waals surface area contributed by atoms with Gasteiger partial charge in [0.05, 0.1) is 11.9 Å². The van der Waals surface area contributed by atoms with Crippen LogP contribution in [0.4, 0.5) is 10.1 Å². The first-order valence-corrected chi connectivity index (χ1v) is 8.17. The maximum Gasteiger partial charge on any atom is 0.225 e. The number of rotatable bonds is 5. The summed E-state index contributed by atoms with van der Waals surface area (Å²) >= 11 is 0. The van der Waals surface area contributed by atoms with E-state index >= 15 is 0 Å². The van der Waals surface area contributed by atoms with Crippen LogP contribution in [0.15, 0.2) is 102 Å². The van der Waals surface area contributed by atoms with Crippen LogP contribution >= 0.6 is 0 Å². The summed E-state index contributed by atoms with van der Waals surface area (Å²) in [6.07, 6.45) is 1.54. The third-order valence-electron chi connectivity index (χ3n) is 3.48. The lowest BCUT2D eigenvalue weighted by Crippen LogP contribution is -2.11. The molecule has 0 saturated heterocycles. The van der Waals surface area contributed by atoms with Crippen molar-refractivity contribution >= 4 is 11.6 Å². The van der Waals surface area contributed by atoms with Gasteiger partial charge in [-0.25, -0.2) is 9.38 Å². The summed E-state index contributed by atoms with van der Waals surface area (Å²) < 4.78 is 25.3. The monoisotopic (exact) mass is 347 g/mol. The van der Waals surface area contributed by atoms with Gasteiger partial charge in [-0.2, -0.15) is 0 Å². The quantitative estimate of drug-likeness (QED) is 0.326. The van der Waals surface area contributed by atoms with Crippen molar-refractivity contribution in [2.75, 3.05) is 0 Å². The molecule has 130 valence electrons. The SMILES string of the molecule is CC(=COc1ccccc1)C(=Nc1ccccc1)Oc1ccccc1F. The Morgan fingerprint density at radius 3 is 2.15 bits per heavy atom. The highest BCUT2D eigenvalue weighted by molar-refractivity contribution is 5.96. The Bertz CT molecular complexity index is 906. The minimum absolute atomic E-state index is 0.106. The lowest BCUT2D eigenvalue weighted by atomic mass is 10.3. The molecule has 0 aromatic heterocycles. The van der Waals surface area contributed by atoms with E-state index in [2.05, 4.69) is 4.99 Å². The summed E-state index contributed by atoms with van der Waals surface area (Å²) in [5, 5.41) is 0. The lowest BCUT2D eigenvalue weighted by Gasteiger charge is -2.11. The van der Waals surface area contributed by atoms with Crippen molar-refractivity contribution in [2.24, 2.45) is 4.99 Å². The summed E-state index contributed by atoms with van der Waals surface area (Å²) in [7, 11) is 0. The number of hydrogen-bond acceptors (Lipinski definition) is 3. The molecule has 3 rings (SSSR count). The van der Waals surface area contributed by atoms with Gasteiger partial charge in [0.2, 0.25) is 5.90 Å². The van der Waals surface area contributed by atoms with Gasteiger partial charge in [0.15, 0.2) is 11.6 Å². The van der Waals surface area contributed by atoms with E-state index in [1.807, 2.05) is 60.7 Å². The van der Waals surface area contributed by atoms with Crippen LogP contribution < -0.4 is 9.47 Å². The fourth-order valence-electron chi connectivity index (χ4n) is 2.15. The zero-order valence-electron chi connectivity index (χ0n) is 14.3. The highest BCUT2D eigenvalue weighted by Gasteiger charge is 2.10. The minimum atomic E-state index is -0.454. The van der Waals surface area contributed by atoms with Gasteiger partial charge in [0.1, 0.15) is 5.75 Å². The van der Waals surface area contributed by atoms with E-state index in [0.717, 1.165) is 0 Å². The Morgan fingerprint density at radius 2 is 1.46 bits per heavy atom. The van der Waals surface area contributed by atoms with Gasteiger partial charge in [-0.1, -0.05) is 48.5 Å². The van der Waals surface area contributed by atoms with Crippen molar-refractivity contribution in [3.05, 3.63) is 103 Å². The molecule has 0 fully saturated rings. The smallest absolute Gasteiger partial charge is 0.225 e. The zero-order valence-corrected chi connectivity index (χ0v) is 14.3. The molecular weight excluding hydrogens is 329 g/mol. The Balaban J connectivity index is 1.89. The predicted molar refractivity (Wildman–Crippen MR) is 101 cm³/mol. The van der Waals surface area contributed by atoms with Crippen LogP contribution in [0.5, 0.6) is 11.5 Å². The van der Waals surface area contributed by atoms with Crippen molar-refractivity contribution in [2.45, 2.75) is 6.92 Å². The molecule has 0 amide bonds. The molecule has 0 heterocycles. The third kappa shape index (κ3) is 4.80. The summed E-state index contributed by atoms with van der Waals surface area (Å²) in [6, 6.07) is 24.9. The molecule has 0 spiro atoms. The topological polar surface area (TPSA) is 30.8 Å². The van der Waals surface area contributed by atoms with Crippen LogP contribution in [-0.2, 0) is 0 Å². The van der Waals surface area contributed by atoms with Gasteiger partial charge in [0.25, 0.3) is 0 Å². The van der Waals surface area contributed by atoms with E-state index in [-0.39, 0.29) is 11.6 Å². The van der Waals surface area contributed by atoms with E-state index in [1.54, 1.807) is 25.1 Å². The number of benzene rings is 3. The summed E-state index contributed by atoms with van der Waals surface area (Å²) in [4.78, 5) is 4.49. The second-order valence-corrected chi connectivity index (χ2v) is 5.52. The average Bonchev–Trinajstić information content (AvgIpc) is 2.69. The first-order chi connectivity index (χ1) is 12.7. The first-order valence-electron chi connectivity index (χ1n) is 8.17. The molecule has 0 aliphatic carbocycles. The number of nitrogens with zero attached hydrogens (tertiary/aromatic N) is 1. The van der Waals surface area contributed by atoms with Crippen molar-refractivity contribution in [3.63, 3.8) is 0 Å². The molecule has 4 heteroatoms. The Hall–Kier alpha value is -3.40.